The SMILES string of the molecule is O=C(Cl)c1cc(F)c(-c2cccc(F)c2F)cc1Cl. The molecule has 2 rings (SSSR count). The quantitative estimate of drug-likeness (QED) is 0.728. The molecule has 0 saturated heterocycles. The maximum atomic E-state index is 13.8. The van der Waals surface area contributed by atoms with E-state index in [9.17, 15) is 18.0 Å². The molecular weight excluding hydrogens is 300 g/mol. The van der Waals surface area contributed by atoms with E-state index in [2.05, 4.69) is 0 Å². The summed E-state index contributed by atoms with van der Waals surface area (Å²) < 4.78 is 40.5. The van der Waals surface area contributed by atoms with Gasteiger partial charge in [-0.2, -0.15) is 0 Å². The first-order valence-corrected chi connectivity index (χ1v) is 5.80. The van der Waals surface area contributed by atoms with Gasteiger partial charge in [-0.15, -0.1) is 0 Å². The first-order valence-electron chi connectivity index (χ1n) is 5.05. The Labute approximate surface area is 116 Å². The summed E-state index contributed by atoms with van der Waals surface area (Å²) in [6, 6.07) is 5.17. The number of halogens is 5. The number of hydrogen-bond acceptors (Lipinski definition) is 1. The van der Waals surface area contributed by atoms with Crippen LogP contribution in [0.4, 0.5) is 13.2 Å². The molecule has 0 spiro atoms. The zero-order chi connectivity index (χ0) is 14.2. The molecule has 0 heterocycles. The monoisotopic (exact) mass is 304 g/mol. The van der Waals surface area contributed by atoms with Gasteiger partial charge in [0.15, 0.2) is 11.6 Å². The van der Waals surface area contributed by atoms with Crippen LogP contribution < -0.4 is 0 Å². The topological polar surface area (TPSA) is 17.1 Å². The standard InChI is InChI=1S/C13H5Cl2F3O/c14-9-4-7(11(17)5-8(9)13(15)19)6-2-1-3-10(16)12(6)18/h1-5H. The third kappa shape index (κ3) is 2.60. The average Bonchev–Trinajstić information content (AvgIpc) is 2.35. The normalized spacial score (nSPS) is 10.6. The first kappa shape index (κ1) is 13.9. The molecule has 2 aromatic carbocycles. The van der Waals surface area contributed by atoms with Crippen molar-refractivity contribution in [3.63, 3.8) is 0 Å². The number of benzene rings is 2. The molecule has 0 aromatic heterocycles. The van der Waals surface area contributed by atoms with Crippen molar-refractivity contribution in [2.24, 2.45) is 0 Å². The van der Waals surface area contributed by atoms with Gasteiger partial charge in [-0.3, -0.25) is 4.79 Å². The van der Waals surface area contributed by atoms with E-state index in [1.165, 1.54) is 12.1 Å². The fraction of sp³-hybridized carbons (Fsp3) is 0. The van der Waals surface area contributed by atoms with E-state index >= 15 is 0 Å². The molecule has 6 heteroatoms. The summed E-state index contributed by atoms with van der Waals surface area (Å²) in [6.45, 7) is 0. The van der Waals surface area contributed by atoms with Gasteiger partial charge in [0.05, 0.1) is 10.6 Å². The minimum atomic E-state index is -1.19. The zero-order valence-corrected chi connectivity index (χ0v) is 10.7. The molecule has 0 N–H and O–H groups in total. The summed E-state index contributed by atoms with van der Waals surface area (Å²) in [5.74, 6) is -3.22. The van der Waals surface area contributed by atoms with E-state index in [1.807, 2.05) is 0 Å². The molecule has 0 aliphatic rings. The van der Waals surface area contributed by atoms with Crippen molar-refractivity contribution in [2.75, 3.05) is 0 Å². The molecular formula is C13H5Cl2F3O. The van der Waals surface area contributed by atoms with E-state index in [4.69, 9.17) is 23.2 Å². The Bertz CT molecular complexity index is 671. The minimum absolute atomic E-state index is 0.139. The van der Waals surface area contributed by atoms with Crippen molar-refractivity contribution in [2.45, 2.75) is 0 Å². The van der Waals surface area contributed by atoms with Crippen LogP contribution in [0.5, 0.6) is 0 Å². The highest BCUT2D eigenvalue weighted by Crippen LogP contribution is 2.31. The lowest BCUT2D eigenvalue weighted by Crippen LogP contribution is -1.97. The molecule has 2 aromatic rings. The first-order chi connectivity index (χ1) is 8.91. The summed E-state index contributed by atoms with van der Waals surface area (Å²) >= 11 is 11.0. The van der Waals surface area contributed by atoms with Crippen LogP contribution in [0.3, 0.4) is 0 Å². The third-order valence-corrected chi connectivity index (χ3v) is 3.03. The van der Waals surface area contributed by atoms with E-state index in [1.54, 1.807) is 0 Å². The smallest absolute Gasteiger partial charge is 0.253 e. The Morgan fingerprint density at radius 1 is 1.00 bits per heavy atom. The van der Waals surface area contributed by atoms with Gasteiger partial charge in [0, 0.05) is 11.1 Å². The second-order valence-electron chi connectivity index (χ2n) is 3.69. The van der Waals surface area contributed by atoms with Gasteiger partial charge >= 0.3 is 0 Å². The Morgan fingerprint density at radius 3 is 2.32 bits per heavy atom. The van der Waals surface area contributed by atoms with Crippen LogP contribution in [0.1, 0.15) is 10.4 Å². The van der Waals surface area contributed by atoms with Crippen molar-refractivity contribution >= 4 is 28.4 Å². The van der Waals surface area contributed by atoms with Crippen molar-refractivity contribution in [3.05, 3.63) is 58.4 Å². The lowest BCUT2D eigenvalue weighted by molar-refractivity contribution is 0.108. The Morgan fingerprint density at radius 2 is 1.68 bits per heavy atom. The largest absolute Gasteiger partial charge is 0.276 e. The van der Waals surface area contributed by atoms with E-state index in [0.717, 1.165) is 18.2 Å². The molecule has 0 fully saturated rings. The second kappa shape index (κ2) is 5.23. The second-order valence-corrected chi connectivity index (χ2v) is 4.44. The molecule has 0 bridgehead atoms. The van der Waals surface area contributed by atoms with Crippen LogP contribution in [0.2, 0.25) is 5.02 Å². The summed E-state index contributed by atoms with van der Waals surface area (Å²) in [6.07, 6.45) is 0. The van der Waals surface area contributed by atoms with E-state index < -0.39 is 22.7 Å². The van der Waals surface area contributed by atoms with Gasteiger partial charge in [0.2, 0.25) is 0 Å². The highest BCUT2D eigenvalue weighted by Gasteiger charge is 2.17. The Kier molecular flexibility index (Phi) is 3.83. The molecule has 0 aliphatic heterocycles. The fourth-order valence-corrected chi connectivity index (χ4v) is 2.07. The molecule has 0 amide bonds. The van der Waals surface area contributed by atoms with Gasteiger partial charge in [0.1, 0.15) is 5.82 Å². The molecule has 0 aliphatic carbocycles. The van der Waals surface area contributed by atoms with Crippen LogP contribution in [0, 0.1) is 17.5 Å². The van der Waals surface area contributed by atoms with Crippen LogP contribution in [0.25, 0.3) is 11.1 Å². The summed E-state index contributed by atoms with van der Waals surface area (Å²) in [7, 11) is 0. The van der Waals surface area contributed by atoms with Crippen molar-refractivity contribution in [1.82, 2.24) is 0 Å². The van der Waals surface area contributed by atoms with Crippen LogP contribution in [-0.4, -0.2) is 5.24 Å². The predicted octanol–water partition coefficient (Wildman–Crippen LogP) is 4.80. The van der Waals surface area contributed by atoms with Crippen molar-refractivity contribution in [1.29, 1.82) is 0 Å². The molecule has 0 unspecified atom stereocenters. The van der Waals surface area contributed by atoms with E-state index in [0.29, 0.717) is 0 Å². The predicted molar refractivity (Wildman–Crippen MR) is 66.9 cm³/mol. The van der Waals surface area contributed by atoms with Gasteiger partial charge in [0.25, 0.3) is 5.24 Å². The average molecular weight is 305 g/mol. The summed E-state index contributed by atoms with van der Waals surface area (Å²) in [5.41, 5.74) is -0.766. The number of carbonyl (C=O) groups is 1. The van der Waals surface area contributed by atoms with Crippen LogP contribution >= 0.6 is 23.2 Å². The zero-order valence-electron chi connectivity index (χ0n) is 9.18. The molecule has 1 nitrogen and oxygen atoms in total. The molecule has 0 saturated carbocycles. The maximum absolute atomic E-state index is 13.8. The van der Waals surface area contributed by atoms with Crippen molar-refractivity contribution in [3.8, 4) is 11.1 Å². The van der Waals surface area contributed by atoms with Crippen LogP contribution in [-0.2, 0) is 0 Å². The highest BCUT2D eigenvalue weighted by molar-refractivity contribution is 6.68. The van der Waals surface area contributed by atoms with E-state index in [-0.39, 0.29) is 21.7 Å². The Balaban J connectivity index is 2.67. The number of hydrogen-bond donors (Lipinski definition) is 0. The van der Waals surface area contributed by atoms with Gasteiger partial charge in [-0.1, -0.05) is 23.7 Å². The highest BCUT2D eigenvalue weighted by atomic mass is 35.5. The molecule has 98 valence electrons. The summed E-state index contributed by atoms with van der Waals surface area (Å²) in [4.78, 5) is 11.0. The lowest BCUT2D eigenvalue weighted by Gasteiger charge is -2.08. The molecule has 19 heavy (non-hydrogen) atoms. The Hall–Kier alpha value is -1.52. The lowest BCUT2D eigenvalue weighted by atomic mass is 10.0. The van der Waals surface area contributed by atoms with Gasteiger partial charge in [-0.05, 0) is 29.8 Å². The number of carbonyl (C=O) groups excluding carboxylic acids is 1. The van der Waals surface area contributed by atoms with Crippen molar-refractivity contribution < 1.29 is 18.0 Å². The third-order valence-electron chi connectivity index (χ3n) is 2.51. The molecule has 0 radical (unpaired) electrons. The number of rotatable bonds is 2. The fourth-order valence-electron chi connectivity index (χ4n) is 1.62. The van der Waals surface area contributed by atoms with Gasteiger partial charge < -0.3 is 0 Å². The summed E-state index contributed by atoms with van der Waals surface area (Å²) in [5, 5.41) is -1.07. The minimum Gasteiger partial charge on any atom is -0.276 e. The van der Waals surface area contributed by atoms with Crippen LogP contribution in [0.15, 0.2) is 30.3 Å². The maximum Gasteiger partial charge on any atom is 0.253 e. The molecule has 0 atom stereocenters. The van der Waals surface area contributed by atoms with Gasteiger partial charge in [-0.25, -0.2) is 13.2 Å².